The Kier molecular flexibility index (Phi) is 6.26. The highest BCUT2D eigenvalue weighted by Crippen LogP contribution is 1.97. The molecular weight excluding hydrogens is 184 g/mol. The van der Waals surface area contributed by atoms with Crippen molar-refractivity contribution in [1.82, 2.24) is 10.6 Å². The van der Waals surface area contributed by atoms with E-state index in [-0.39, 0.29) is 0 Å². The predicted molar refractivity (Wildman–Crippen MR) is 52.1 cm³/mol. The van der Waals surface area contributed by atoms with Gasteiger partial charge in [-0.2, -0.15) is 10.2 Å². The van der Waals surface area contributed by atoms with Crippen molar-refractivity contribution in [3.8, 4) is 0 Å². The van der Waals surface area contributed by atoms with Crippen LogP contribution in [0.5, 0.6) is 0 Å². The van der Waals surface area contributed by atoms with Crippen molar-refractivity contribution in [2.75, 3.05) is 13.6 Å². The number of carbonyl (C=O) groups is 2. The highest BCUT2D eigenvalue weighted by atomic mass is 16.2. The van der Waals surface area contributed by atoms with Crippen LogP contribution in [-0.2, 0) is 4.79 Å². The van der Waals surface area contributed by atoms with Crippen molar-refractivity contribution in [3.63, 3.8) is 0 Å². The average Bonchev–Trinajstić information content (AvgIpc) is 2.14. The van der Waals surface area contributed by atoms with E-state index < -0.39 is 18.0 Å². The number of azo groups is 1. The van der Waals surface area contributed by atoms with Gasteiger partial charge in [0, 0.05) is 13.6 Å². The first kappa shape index (κ1) is 12.5. The van der Waals surface area contributed by atoms with Gasteiger partial charge in [0.1, 0.15) is 6.04 Å². The molecule has 3 amide bonds. The molecule has 0 aliphatic carbocycles. The molecule has 2 N–H and O–H groups in total. The first-order chi connectivity index (χ1) is 6.65. The molecule has 0 heterocycles. The average molecular weight is 200 g/mol. The zero-order chi connectivity index (χ0) is 11.0. The van der Waals surface area contributed by atoms with Gasteiger partial charge in [-0.05, 0) is 13.3 Å². The third kappa shape index (κ3) is 4.54. The van der Waals surface area contributed by atoms with Gasteiger partial charge in [-0.3, -0.25) is 10.1 Å². The van der Waals surface area contributed by atoms with Crippen molar-refractivity contribution >= 4 is 11.9 Å². The fraction of sp³-hybridized carbons (Fsp3) is 0.750. The molecular formula is C8H16N4O2. The predicted octanol–water partition coefficient (Wildman–Crippen LogP) is 0.693. The van der Waals surface area contributed by atoms with Crippen LogP contribution >= 0.6 is 0 Å². The molecule has 1 unspecified atom stereocenters. The maximum atomic E-state index is 11.3. The fourth-order valence-electron chi connectivity index (χ4n) is 0.859. The number of nitrogens with one attached hydrogen (secondary N) is 2. The quantitative estimate of drug-likeness (QED) is 0.654. The minimum atomic E-state index is -0.581. The maximum Gasteiger partial charge on any atom is 0.321 e. The fourth-order valence-corrected chi connectivity index (χ4v) is 0.859. The van der Waals surface area contributed by atoms with Gasteiger partial charge in [0.2, 0.25) is 0 Å². The number of hydrogen-bond donors (Lipinski definition) is 2. The summed E-state index contributed by atoms with van der Waals surface area (Å²) in [6, 6.07) is -1.08. The van der Waals surface area contributed by atoms with Gasteiger partial charge in [0.25, 0.3) is 5.91 Å². The van der Waals surface area contributed by atoms with E-state index in [0.29, 0.717) is 13.0 Å². The summed E-state index contributed by atoms with van der Waals surface area (Å²) in [4.78, 5) is 22.3. The van der Waals surface area contributed by atoms with Crippen LogP contribution in [0.3, 0.4) is 0 Å². The van der Waals surface area contributed by atoms with Gasteiger partial charge < -0.3 is 5.32 Å². The summed E-state index contributed by atoms with van der Waals surface area (Å²) in [6.07, 6.45) is 0.516. The molecule has 0 aliphatic rings. The largest absolute Gasteiger partial charge is 0.338 e. The van der Waals surface area contributed by atoms with Crippen LogP contribution in [0.1, 0.15) is 20.3 Å². The van der Waals surface area contributed by atoms with Crippen LogP contribution in [-0.4, -0.2) is 31.6 Å². The lowest BCUT2D eigenvalue weighted by Gasteiger charge is -2.08. The third-order valence-electron chi connectivity index (χ3n) is 1.52. The molecule has 0 aliphatic heterocycles. The Morgan fingerprint density at radius 3 is 2.43 bits per heavy atom. The van der Waals surface area contributed by atoms with Gasteiger partial charge in [-0.15, -0.1) is 0 Å². The topological polar surface area (TPSA) is 82.9 Å². The summed E-state index contributed by atoms with van der Waals surface area (Å²) in [5.41, 5.74) is 0. The lowest BCUT2D eigenvalue weighted by molar-refractivity contribution is -0.121. The molecule has 80 valence electrons. The summed E-state index contributed by atoms with van der Waals surface area (Å²) in [6.45, 7) is 4.05. The number of rotatable bonds is 4. The minimum absolute atomic E-state index is 0.427. The second-order valence-electron chi connectivity index (χ2n) is 2.59. The van der Waals surface area contributed by atoms with E-state index in [0.717, 1.165) is 0 Å². The first-order valence-corrected chi connectivity index (χ1v) is 4.53. The van der Waals surface area contributed by atoms with E-state index in [1.165, 1.54) is 7.05 Å². The van der Waals surface area contributed by atoms with Crippen LogP contribution in [0.15, 0.2) is 10.2 Å². The lowest BCUT2D eigenvalue weighted by Crippen LogP contribution is -2.43. The molecule has 0 bridgehead atoms. The zero-order valence-electron chi connectivity index (χ0n) is 8.70. The van der Waals surface area contributed by atoms with Crippen LogP contribution in [0, 0.1) is 0 Å². The molecule has 0 spiro atoms. The van der Waals surface area contributed by atoms with Crippen molar-refractivity contribution in [1.29, 1.82) is 0 Å². The lowest BCUT2D eigenvalue weighted by atomic mass is 10.2. The molecule has 6 heteroatoms. The van der Waals surface area contributed by atoms with E-state index in [1.54, 1.807) is 13.8 Å². The van der Waals surface area contributed by atoms with Crippen molar-refractivity contribution in [2.45, 2.75) is 26.3 Å². The van der Waals surface area contributed by atoms with E-state index in [4.69, 9.17) is 0 Å². The Hall–Kier alpha value is -1.46. The van der Waals surface area contributed by atoms with Gasteiger partial charge in [0.15, 0.2) is 0 Å². The highest BCUT2D eigenvalue weighted by molar-refractivity contribution is 5.96. The van der Waals surface area contributed by atoms with Gasteiger partial charge in [0.05, 0.1) is 0 Å². The van der Waals surface area contributed by atoms with Gasteiger partial charge in [-0.1, -0.05) is 6.92 Å². The molecule has 0 aromatic heterocycles. The monoisotopic (exact) mass is 200 g/mol. The van der Waals surface area contributed by atoms with E-state index in [1.807, 2.05) is 0 Å². The molecule has 6 nitrogen and oxygen atoms in total. The molecule has 14 heavy (non-hydrogen) atoms. The summed E-state index contributed by atoms with van der Waals surface area (Å²) < 4.78 is 0. The third-order valence-corrected chi connectivity index (χ3v) is 1.52. The number of hydrogen-bond acceptors (Lipinski definition) is 4. The molecule has 0 fully saturated rings. The van der Waals surface area contributed by atoms with E-state index in [2.05, 4.69) is 20.9 Å². The molecule has 1 atom stereocenters. The second-order valence-corrected chi connectivity index (χ2v) is 2.59. The SMILES string of the molecule is CCNC(=O)NC(=O)C(CC)N=NC. The Morgan fingerprint density at radius 2 is 2.00 bits per heavy atom. The Bertz CT molecular complexity index is 227. The molecule has 0 radical (unpaired) electrons. The number of urea groups is 1. The smallest absolute Gasteiger partial charge is 0.321 e. The first-order valence-electron chi connectivity index (χ1n) is 4.53. The van der Waals surface area contributed by atoms with Crippen molar-refractivity contribution < 1.29 is 9.59 Å². The number of imide groups is 1. The van der Waals surface area contributed by atoms with Crippen LogP contribution in [0.25, 0.3) is 0 Å². The number of amides is 3. The standard InChI is InChI=1S/C8H16N4O2/c1-4-6(12-9-3)7(13)11-8(14)10-5-2/h6H,4-5H2,1-3H3,(H2,10,11,13,14). The number of carbonyl (C=O) groups excluding carboxylic acids is 2. The van der Waals surface area contributed by atoms with Crippen LogP contribution in [0.2, 0.25) is 0 Å². The van der Waals surface area contributed by atoms with Crippen molar-refractivity contribution in [2.24, 2.45) is 10.2 Å². The normalized spacial score (nSPS) is 12.5. The molecule has 0 aromatic carbocycles. The molecule has 0 rings (SSSR count). The highest BCUT2D eigenvalue weighted by Gasteiger charge is 2.17. The zero-order valence-corrected chi connectivity index (χ0v) is 8.70. The molecule has 0 saturated heterocycles. The van der Waals surface area contributed by atoms with E-state index >= 15 is 0 Å². The Labute approximate surface area is 83.2 Å². The van der Waals surface area contributed by atoms with E-state index in [9.17, 15) is 9.59 Å². The summed E-state index contributed by atoms with van der Waals surface area (Å²) in [5.74, 6) is -0.427. The van der Waals surface area contributed by atoms with Crippen molar-refractivity contribution in [3.05, 3.63) is 0 Å². The maximum absolute atomic E-state index is 11.3. The Balaban J connectivity index is 4.10. The van der Waals surface area contributed by atoms with Crippen LogP contribution in [0.4, 0.5) is 4.79 Å². The minimum Gasteiger partial charge on any atom is -0.338 e. The second kappa shape index (κ2) is 6.99. The summed E-state index contributed by atoms with van der Waals surface area (Å²) in [7, 11) is 1.49. The van der Waals surface area contributed by atoms with Crippen LogP contribution < -0.4 is 10.6 Å². The summed E-state index contributed by atoms with van der Waals surface area (Å²) in [5, 5.41) is 11.8. The Morgan fingerprint density at radius 1 is 1.36 bits per heavy atom. The number of nitrogens with zero attached hydrogens (tertiary/aromatic N) is 2. The molecule has 0 aromatic rings. The van der Waals surface area contributed by atoms with Gasteiger partial charge >= 0.3 is 6.03 Å². The van der Waals surface area contributed by atoms with Gasteiger partial charge in [-0.25, -0.2) is 4.79 Å². The summed E-state index contributed by atoms with van der Waals surface area (Å²) >= 11 is 0. The molecule has 0 saturated carbocycles.